The summed E-state index contributed by atoms with van der Waals surface area (Å²) in [5.74, 6) is -0.453. The molecule has 2 aromatic rings. The lowest BCUT2D eigenvalue weighted by Crippen LogP contribution is -2.41. The minimum absolute atomic E-state index is 0.0568. The zero-order chi connectivity index (χ0) is 21.6. The normalized spacial score (nSPS) is 12.7. The number of likely N-dealkylation sites (N-methyl/N-ethyl adjacent to an activating group) is 1. The van der Waals surface area contributed by atoms with E-state index in [4.69, 9.17) is 4.74 Å². The van der Waals surface area contributed by atoms with E-state index in [-0.39, 0.29) is 18.0 Å². The third kappa shape index (κ3) is 6.66. The number of carbonyl (C=O) groups excluding carboxylic acids is 1. The SMILES string of the molecule is C[C@H](CN(C)S(=O)(=O)N(C)C)Oc1cc(F)cc(NC(=O)Nc2cccnc2)c1. The van der Waals surface area contributed by atoms with Crippen LogP contribution in [0.2, 0.25) is 0 Å². The van der Waals surface area contributed by atoms with Gasteiger partial charge in [-0.25, -0.2) is 9.18 Å². The van der Waals surface area contributed by atoms with Gasteiger partial charge in [-0.15, -0.1) is 0 Å². The number of urea groups is 1. The number of halogens is 1. The summed E-state index contributed by atoms with van der Waals surface area (Å²) in [7, 11) is 0.701. The van der Waals surface area contributed by atoms with Gasteiger partial charge in [-0.1, -0.05) is 0 Å². The first kappa shape index (κ1) is 22.5. The predicted molar refractivity (Wildman–Crippen MR) is 109 cm³/mol. The summed E-state index contributed by atoms with van der Waals surface area (Å²) in [5.41, 5.74) is 0.666. The van der Waals surface area contributed by atoms with E-state index < -0.39 is 28.2 Å². The van der Waals surface area contributed by atoms with Crippen LogP contribution in [-0.4, -0.2) is 61.8 Å². The van der Waals surface area contributed by atoms with E-state index in [0.29, 0.717) is 5.69 Å². The topological polar surface area (TPSA) is 104 Å². The highest BCUT2D eigenvalue weighted by Crippen LogP contribution is 2.22. The molecule has 29 heavy (non-hydrogen) atoms. The molecular weight excluding hydrogens is 401 g/mol. The van der Waals surface area contributed by atoms with Crippen LogP contribution in [-0.2, 0) is 10.2 Å². The number of anilines is 2. The zero-order valence-electron chi connectivity index (χ0n) is 16.6. The van der Waals surface area contributed by atoms with E-state index in [2.05, 4.69) is 15.6 Å². The third-order valence-corrected chi connectivity index (χ3v) is 5.62. The monoisotopic (exact) mass is 425 g/mol. The highest BCUT2D eigenvalue weighted by atomic mass is 32.2. The number of benzene rings is 1. The molecule has 0 bridgehead atoms. The first-order valence-electron chi connectivity index (χ1n) is 8.67. The van der Waals surface area contributed by atoms with Crippen LogP contribution < -0.4 is 15.4 Å². The number of amides is 2. The minimum Gasteiger partial charge on any atom is -0.489 e. The lowest BCUT2D eigenvalue weighted by Gasteiger charge is -2.24. The summed E-state index contributed by atoms with van der Waals surface area (Å²) in [6.07, 6.45) is 2.48. The molecule has 1 atom stereocenters. The van der Waals surface area contributed by atoms with Crippen molar-refractivity contribution in [3.8, 4) is 5.75 Å². The van der Waals surface area contributed by atoms with Crippen LogP contribution in [0.1, 0.15) is 6.92 Å². The van der Waals surface area contributed by atoms with Crippen molar-refractivity contribution in [1.82, 2.24) is 13.6 Å². The molecule has 0 aliphatic carbocycles. The average Bonchev–Trinajstić information content (AvgIpc) is 2.61. The van der Waals surface area contributed by atoms with Crippen molar-refractivity contribution in [2.45, 2.75) is 13.0 Å². The van der Waals surface area contributed by atoms with Crippen molar-refractivity contribution < 1.29 is 22.3 Å². The van der Waals surface area contributed by atoms with Crippen molar-refractivity contribution in [1.29, 1.82) is 0 Å². The molecule has 0 aliphatic heterocycles. The van der Waals surface area contributed by atoms with Crippen LogP contribution in [0.15, 0.2) is 42.7 Å². The second-order valence-electron chi connectivity index (χ2n) is 6.50. The fourth-order valence-corrected chi connectivity index (χ4v) is 3.39. The Labute approximate surface area is 169 Å². The van der Waals surface area contributed by atoms with E-state index in [1.807, 2.05) is 0 Å². The molecule has 0 fully saturated rings. The van der Waals surface area contributed by atoms with Gasteiger partial charge in [-0.2, -0.15) is 17.0 Å². The summed E-state index contributed by atoms with van der Waals surface area (Å²) in [4.78, 5) is 15.9. The van der Waals surface area contributed by atoms with E-state index in [1.165, 1.54) is 33.4 Å². The zero-order valence-corrected chi connectivity index (χ0v) is 17.4. The molecule has 1 heterocycles. The molecule has 2 rings (SSSR count). The molecule has 0 saturated carbocycles. The fourth-order valence-electron chi connectivity index (χ4n) is 2.44. The molecule has 1 aromatic heterocycles. The molecular formula is C18H24FN5O4S. The molecule has 0 spiro atoms. The Morgan fingerprint density at radius 3 is 2.52 bits per heavy atom. The number of ether oxygens (including phenoxy) is 1. The van der Waals surface area contributed by atoms with Crippen LogP contribution in [0.25, 0.3) is 0 Å². The van der Waals surface area contributed by atoms with Crippen molar-refractivity contribution in [2.75, 3.05) is 38.3 Å². The van der Waals surface area contributed by atoms with Crippen LogP contribution >= 0.6 is 0 Å². The molecule has 1 aromatic carbocycles. The molecule has 0 radical (unpaired) electrons. The Kier molecular flexibility index (Phi) is 7.48. The molecule has 2 N–H and O–H groups in total. The number of nitrogens with one attached hydrogen (secondary N) is 2. The third-order valence-electron chi connectivity index (χ3n) is 3.76. The first-order chi connectivity index (χ1) is 13.6. The van der Waals surface area contributed by atoms with Crippen LogP contribution in [0.3, 0.4) is 0 Å². The van der Waals surface area contributed by atoms with Gasteiger partial charge in [0.15, 0.2) is 0 Å². The van der Waals surface area contributed by atoms with Gasteiger partial charge >= 0.3 is 6.03 Å². The van der Waals surface area contributed by atoms with Crippen LogP contribution in [0.5, 0.6) is 5.75 Å². The van der Waals surface area contributed by atoms with Crippen molar-refractivity contribution in [2.24, 2.45) is 0 Å². The number of nitrogens with zero attached hydrogens (tertiary/aromatic N) is 3. The van der Waals surface area contributed by atoms with E-state index in [1.54, 1.807) is 25.3 Å². The van der Waals surface area contributed by atoms with Gasteiger partial charge in [0.25, 0.3) is 10.2 Å². The largest absolute Gasteiger partial charge is 0.489 e. The van der Waals surface area contributed by atoms with Crippen LogP contribution in [0, 0.1) is 5.82 Å². The van der Waals surface area contributed by atoms with E-state index >= 15 is 0 Å². The smallest absolute Gasteiger partial charge is 0.323 e. The molecule has 0 saturated heterocycles. The van der Waals surface area contributed by atoms with Crippen molar-refractivity contribution in [3.05, 3.63) is 48.5 Å². The number of pyridine rings is 1. The summed E-state index contributed by atoms with van der Waals surface area (Å²) in [5, 5.41) is 5.08. The van der Waals surface area contributed by atoms with Gasteiger partial charge < -0.3 is 15.4 Å². The molecule has 11 heteroatoms. The molecule has 0 aliphatic rings. The highest BCUT2D eigenvalue weighted by molar-refractivity contribution is 7.86. The molecule has 0 unspecified atom stereocenters. The lowest BCUT2D eigenvalue weighted by atomic mass is 10.3. The second-order valence-corrected chi connectivity index (χ2v) is 8.74. The Hall–Kier alpha value is -2.76. The molecule has 2 amide bonds. The predicted octanol–water partition coefficient (Wildman–Crippen LogP) is 2.37. The van der Waals surface area contributed by atoms with Crippen molar-refractivity contribution in [3.63, 3.8) is 0 Å². The van der Waals surface area contributed by atoms with Gasteiger partial charge in [0.05, 0.1) is 18.4 Å². The Bertz CT molecular complexity index is 941. The van der Waals surface area contributed by atoms with E-state index in [9.17, 15) is 17.6 Å². The summed E-state index contributed by atoms with van der Waals surface area (Å²) < 4.78 is 45.9. The summed E-state index contributed by atoms with van der Waals surface area (Å²) in [6, 6.07) is 6.50. The van der Waals surface area contributed by atoms with Gasteiger partial charge in [0.2, 0.25) is 0 Å². The van der Waals surface area contributed by atoms with Gasteiger partial charge in [-0.05, 0) is 25.1 Å². The van der Waals surface area contributed by atoms with Gasteiger partial charge in [0.1, 0.15) is 17.7 Å². The molecule has 158 valence electrons. The second kappa shape index (κ2) is 9.63. The number of aromatic nitrogens is 1. The van der Waals surface area contributed by atoms with Crippen LogP contribution in [0.4, 0.5) is 20.6 Å². The maximum atomic E-state index is 13.9. The number of rotatable bonds is 8. The van der Waals surface area contributed by atoms with Gasteiger partial charge in [0, 0.05) is 45.2 Å². The minimum atomic E-state index is -3.58. The van der Waals surface area contributed by atoms with Crippen molar-refractivity contribution >= 4 is 27.6 Å². The number of hydrogen-bond acceptors (Lipinski definition) is 5. The summed E-state index contributed by atoms with van der Waals surface area (Å²) in [6.45, 7) is 1.72. The number of hydrogen-bond donors (Lipinski definition) is 2. The Balaban J connectivity index is 2.02. The Morgan fingerprint density at radius 1 is 1.21 bits per heavy atom. The Morgan fingerprint density at radius 2 is 1.90 bits per heavy atom. The lowest BCUT2D eigenvalue weighted by molar-refractivity contribution is 0.192. The first-order valence-corrected chi connectivity index (χ1v) is 10.1. The maximum Gasteiger partial charge on any atom is 0.323 e. The average molecular weight is 425 g/mol. The quantitative estimate of drug-likeness (QED) is 0.676. The summed E-state index contributed by atoms with van der Waals surface area (Å²) >= 11 is 0. The number of carbonyl (C=O) groups is 1. The molecule has 9 nitrogen and oxygen atoms in total. The van der Waals surface area contributed by atoms with Gasteiger partial charge in [-0.3, -0.25) is 4.98 Å². The fraction of sp³-hybridized carbons (Fsp3) is 0.333. The highest BCUT2D eigenvalue weighted by Gasteiger charge is 2.23. The van der Waals surface area contributed by atoms with E-state index in [0.717, 1.165) is 20.7 Å². The standard InChI is InChI=1S/C18H24FN5O4S/c1-13(12-24(4)29(26,27)23(2)3)28-17-9-14(19)8-16(10-17)22-18(25)21-15-6-5-7-20-11-15/h5-11,13H,12H2,1-4H3,(H2,21,22,25)/t13-/m1/s1. The maximum absolute atomic E-state index is 13.9.